The number of aromatic nitrogens is 2. The molecule has 56 heavy (non-hydrogen) atoms. The highest BCUT2D eigenvalue weighted by atomic mass is 15.0. The normalized spacial score (nSPS) is 17.9. The number of fused-ring (bicyclic) bond motifs is 2. The fourth-order valence-corrected chi connectivity index (χ4v) is 12.5. The van der Waals surface area contributed by atoms with Gasteiger partial charge in [0.2, 0.25) is 0 Å². The highest BCUT2D eigenvalue weighted by Crippen LogP contribution is 2.59. The molecular weight excluding hydrogens is 677 g/mol. The predicted octanol–water partition coefficient (Wildman–Crippen LogP) is 13.8. The van der Waals surface area contributed by atoms with Gasteiger partial charge in [-0.2, -0.15) is 0 Å². The van der Waals surface area contributed by atoms with E-state index in [9.17, 15) is 0 Å². The summed E-state index contributed by atoms with van der Waals surface area (Å²) in [6.45, 7) is 19.5. The molecule has 4 aliphatic rings. The molecular formula is C54H44N2. The van der Waals surface area contributed by atoms with E-state index in [-0.39, 0.29) is 21.7 Å². The average molecular weight is 721 g/mol. The van der Waals surface area contributed by atoms with Crippen molar-refractivity contribution in [2.45, 2.75) is 77.0 Å². The molecule has 2 heteroatoms. The largest absolute Gasteiger partial charge is 0.308 e. The van der Waals surface area contributed by atoms with Crippen molar-refractivity contribution in [2.24, 2.45) is 0 Å². The standard InChI is InChI=1S/C54H44N2/c1-51(2)37-17-9-13-33-35-15-11-19-39-47(35)55(45(33)37)49-41(51)27-25-31(43(49)53(39,5)6)29-21-23-30(24-22-29)32-26-28-42-50-44(32)54(7,8)40-20-12-16-36-34-14-10-18-38(52(42,3)4)46(34)56(50)48(36)40/h9-28H,1-8H3. The summed E-state index contributed by atoms with van der Waals surface area (Å²) in [7, 11) is 0. The zero-order valence-electron chi connectivity index (χ0n) is 33.4. The zero-order chi connectivity index (χ0) is 38.0. The highest BCUT2D eigenvalue weighted by Gasteiger charge is 2.46. The van der Waals surface area contributed by atoms with E-state index >= 15 is 0 Å². The third-order valence-electron chi connectivity index (χ3n) is 15.2. The quantitative estimate of drug-likeness (QED) is 0.168. The van der Waals surface area contributed by atoms with Crippen LogP contribution in [-0.4, -0.2) is 9.13 Å². The second-order valence-corrected chi connectivity index (χ2v) is 19.3. The van der Waals surface area contributed by atoms with E-state index in [4.69, 9.17) is 0 Å². The second-order valence-electron chi connectivity index (χ2n) is 19.3. The lowest BCUT2D eigenvalue weighted by molar-refractivity contribution is 0.594. The first-order valence-electron chi connectivity index (χ1n) is 20.5. The molecule has 2 aromatic heterocycles. The summed E-state index contributed by atoms with van der Waals surface area (Å²) in [5, 5.41) is 5.46. The van der Waals surface area contributed by atoms with Crippen LogP contribution in [0.15, 0.2) is 121 Å². The van der Waals surface area contributed by atoms with Crippen molar-refractivity contribution in [2.75, 3.05) is 0 Å². The molecule has 4 aliphatic heterocycles. The van der Waals surface area contributed by atoms with Gasteiger partial charge in [-0.15, -0.1) is 0 Å². The Balaban J connectivity index is 1.05. The summed E-state index contributed by atoms with van der Waals surface area (Å²) in [5.41, 5.74) is 24.3. The molecule has 0 atom stereocenters. The van der Waals surface area contributed by atoms with E-state index in [1.54, 1.807) is 0 Å². The minimum atomic E-state index is -0.187. The van der Waals surface area contributed by atoms with Crippen LogP contribution in [0.4, 0.5) is 0 Å². The van der Waals surface area contributed by atoms with Gasteiger partial charge in [-0.05, 0) is 66.8 Å². The third kappa shape index (κ3) is 3.22. The molecule has 270 valence electrons. The molecule has 0 spiro atoms. The molecule has 9 aromatic rings. The van der Waals surface area contributed by atoms with Crippen LogP contribution in [0, 0.1) is 0 Å². The minimum absolute atomic E-state index is 0.116. The van der Waals surface area contributed by atoms with E-state index < -0.39 is 0 Å². The molecule has 0 bridgehead atoms. The summed E-state index contributed by atoms with van der Waals surface area (Å²) in [6.07, 6.45) is 0. The molecule has 0 fully saturated rings. The van der Waals surface area contributed by atoms with Gasteiger partial charge in [0.05, 0.1) is 33.4 Å². The van der Waals surface area contributed by atoms with Crippen molar-refractivity contribution in [1.82, 2.24) is 9.13 Å². The van der Waals surface area contributed by atoms with Crippen LogP contribution in [0.3, 0.4) is 0 Å². The summed E-state index contributed by atoms with van der Waals surface area (Å²) < 4.78 is 5.28. The molecule has 0 aliphatic carbocycles. The van der Waals surface area contributed by atoms with Crippen molar-refractivity contribution in [3.05, 3.63) is 166 Å². The number of para-hydroxylation sites is 4. The SMILES string of the molecule is CC1(C)c2ccc(-c3ccc(-c4ccc5c6c4C(C)(C)c4cccc7c8cccc(c8n-6c47)C5(C)C)cc3)c3c2-n2c4c1cccc4c1cccc(c12)C3(C)C. The van der Waals surface area contributed by atoms with Gasteiger partial charge < -0.3 is 9.13 Å². The average Bonchev–Trinajstić information content (AvgIpc) is 3.72. The molecule has 0 radical (unpaired) electrons. The molecule has 0 saturated heterocycles. The van der Waals surface area contributed by atoms with Crippen molar-refractivity contribution in [3.8, 4) is 33.6 Å². The monoisotopic (exact) mass is 720 g/mol. The van der Waals surface area contributed by atoms with Crippen LogP contribution in [0.25, 0.3) is 77.2 Å². The number of nitrogens with zero attached hydrogens (tertiary/aromatic N) is 2. The van der Waals surface area contributed by atoms with Gasteiger partial charge >= 0.3 is 0 Å². The first-order valence-corrected chi connectivity index (χ1v) is 20.5. The van der Waals surface area contributed by atoms with Crippen molar-refractivity contribution < 1.29 is 0 Å². The second kappa shape index (κ2) is 9.39. The Kier molecular flexibility index (Phi) is 5.26. The predicted molar refractivity (Wildman–Crippen MR) is 235 cm³/mol. The van der Waals surface area contributed by atoms with E-state index in [2.05, 4.69) is 186 Å². The summed E-state index contributed by atoms with van der Waals surface area (Å²) in [6, 6.07) is 47.2. The first-order chi connectivity index (χ1) is 26.8. The van der Waals surface area contributed by atoms with Crippen LogP contribution >= 0.6 is 0 Å². The number of rotatable bonds is 2. The van der Waals surface area contributed by atoms with Crippen molar-refractivity contribution in [1.29, 1.82) is 0 Å². The number of hydrogen-bond acceptors (Lipinski definition) is 0. The van der Waals surface area contributed by atoms with Gasteiger partial charge in [0.1, 0.15) is 0 Å². The van der Waals surface area contributed by atoms with Gasteiger partial charge in [0.15, 0.2) is 0 Å². The fraction of sp³-hybridized carbons (Fsp3) is 0.222. The van der Waals surface area contributed by atoms with E-state index in [0.29, 0.717) is 0 Å². The van der Waals surface area contributed by atoms with Crippen LogP contribution < -0.4 is 0 Å². The zero-order valence-corrected chi connectivity index (χ0v) is 33.4. The maximum absolute atomic E-state index is 2.64. The van der Waals surface area contributed by atoms with Gasteiger partial charge in [-0.3, -0.25) is 0 Å². The lowest BCUT2D eigenvalue weighted by Crippen LogP contribution is -2.34. The number of benzene rings is 7. The Morgan fingerprint density at radius 1 is 0.304 bits per heavy atom. The van der Waals surface area contributed by atoms with Gasteiger partial charge in [-0.1, -0.05) is 177 Å². The summed E-state index contributed by atoms with van der Waals surface area (Å²) >= 11 is 0. The fourth-order valence-electron chi connectivity index (χ4n) is 12.5. The third-order valence-corrected chi connectivity index (χ3v) is 15.2. The van der Waals surface area contributed by atoms with Crippen LogP contribution in [0.5, 0.6) is 0 Å². The van der Waals surface area contributed by atoms with Gasteiger partial charge in [0, 0.05) is 43.2 Å². The molecule has 13 rings (SSSR count). The van der Waals surface area contributed by atoms with Crippen molar-refractivity contribution >= 4 is 43.6 Å². The van der Waals surface area contributed by atoms with Crippen LogP contribution in [0.2, 0.25) is 0 Å². The first kappa shape index (κ1) is 31.4. The van der Waals surface area contributed by atoms with E-state index in [1.807, 2.05) is 0 Å². The molecule has 0 amide bonds. The molecule has 0 N–H and O–H groups in total. The number of hydrogen-bond donors (Lipinski definition) is 0. The molecule has 2 nitrogen and oxygen atoms in total. The Hall–Kier alpha value is -5.86. The van der Waals surface area contributed by atoms with Gasteiger partial charge in [0.25, 0.3) is 0 Å². The molecule has 7 aromatic carbocycles. The summed E-state index contributed by atoms with van der Waals surface area (Å²) in [5.74, 6) is 0. The maximum Gasteiger partial charge on any atom is 0.0582 e. The van der Waals surface area contributed by atoms with Crippen molar-refractivity contribution in [3.63, 3.8) is 0 Å². The van der Waals surface area contributed by atoms with Gasteiger partial charge in [-0.25, -0.2) is 0 Å². The lowest BCUT2D eigenvalue weighted by atomic mass is 9.66. The molecule has 0 unspecified atom stereocenters. The lowest BCUT2D eigenvalue weighted by Gasteiger charge is -2.43. The van der Waals surface area contributed by atoms with Crippen LogP contribution in [0.1, 0.15) is 99.9 Å². The smallest absolute Gasteiger partial charge is 0.0582 e. The minimum Gasteiger partial charge on any atom is -0.308 e. The molecule has 0 saturated carbocycles. The topological polar surface area (TPSA) is 9.86 Å². The van der Waals surface area contributed by atoms with E-state index in [0.717, 1.165) is 0 Å². The Morgan fingerprint density at radius 2 is 0.607 bits per heavy atom. The summed E-state index contributed by atoms with van der Waals surface area (Å²) in [4.78, 5) is 0. The highest BCUT2D eigenvalue weighted by molar-refractivity contribution is 6.15. The maximum atomic E-state index is 2.64. The Morgan fingerprint density at radius 3 is 0.929 bits per heavy atom. The molecule has 6 heterocycles. The van der Waals surface area contributed by atoms with Crippen LogP contribution in [-0.2, 0) is 21.7 Å². The Bertz CT molecular complexity index is 3060. The van der Waals surface area contributed by atoms with E-state index in [1.165, 1.54) is 122 Å². The Labute approximate surface area is 328 Å².